The quantitative estimate of drug-likeness (QED) is 0.331. The van der Waals surface area contributed by atoms with Crippen molar-refractivity contribution in [1.29, 1.82) is 0 Å². The highest BCUT2D eigenvalue weighted by molar-refractivity contribution is 6.40. The summed E-state index contributed by atoms with van der Waals surface area (Å²) in [6.07, 6.45) is 17.4. The molecule has 0 saturated carbocycles. The van der Waals surface area contributed by atoms with Crippen LogP contribution in [0.15, 0.2) is 0 Å². The van der Waals surface area contributed by atoms with Crippen molar-refractivity contribution in [3.05, 3.63) is 0 Å². The highest BCUT2D eigenvalue weighted by Crippen LogP contribution is 2.12. The van der Waals surface area contributed by atoms with Crippen molar-refractivity contribution in [3.8, 4) is 0 Å². The molecule has 0 aromatic carbocycles. The molecule has 0 fully saturated rings. The molecular weight excluding hydrogens is 251 g/mol. The van der Waals surface area contributed by atoms with Crippen molar-refractivity contribution in [3.63, 3.8) is 0 Å². The number of hydrogen-bond donors (Lipinski definition) is 2. The number of rotatable bonds is 16. The molecule has 0 rings (SSSR count). The molecule has 0 atom stereocenters. The SMILES string of the molecule is CCCCCCCCCCCCCCCOCB(O)O. The van der Waals surface area contributed by atoms with Crippen LogP contribution in [0.1, 0.15) is 90.4 Å². The summed E-state index contributed by atoms with van der Waals surface area (Å²) in [6, 6.07) is 0. The summed E-state index contributed by atoms with van der Waals surface area (Å²) >= 11 is 0. The highest BCUT2D eigenvalue weighted by Gasteiger charge is 2.04. The van der Waals surface area contributed by atoms with Crippen molar-refractivity contribution in [1.82, 2.24) is 0 Å². The van der Waals surface area contributed by atoms with E-state index in [0.29, 0.717) is 6.61 Å². The van der Waals surface area contributed by atoms with Crippen LogP contribution in [0, 0.1) is 0 Å². The molecule has 0 saturated heterocycles. The average molecular weight is 286 g/mol. The van der Waals surface area contributed by atoms with E-state index in [0.717, 1.165) is 6.42 Å². The molecule has 0 spiro atoms. The summed E-state index contributed by atoms with van der Waals surface area (Å²) in [6.45, 7) is 2.95. The Morgan fingerprint density at radius 1 is 0.650 bits per heavy atom. The van der Waals surface area contributed by atoms with Crippen LogP contribution in [0.25, 0.3) is 0 Å². The van der Waals surface area contributed by atoms with E-state index < -0.39 is 7.12 Å². The van der Waals surface area contributed by atoms with E-state index in [1.54, 1.807) is 0 Å². The first kappa shape index (κ1) is 19.9. The molecule has 0 aromatic rings. The topological polar surface area (TPSA) is 49.7 Å². The van der Waals surface area contributed by atoms with E-state index in [2.05, 4.69) is 6.92 Å². The monoisotopic (exact) mass is 286 g/mol. The van der Waals surface area contributed by atoms with Crippen LogP contribution in [-0.2, 0) is 4.74 Å². The Kier molecular flexibility index (Phi) is 17.0. The third-order valence-corrected chi connectivity index (χ3v) is 3.66. The van der Waals surface area contributed by atoms with Gasteiger partial charge in [0.2, 0.25) is 0 Å². The summed E-state index contributed by atoms with van der Waals surface area (Å²) in [5, 5.41) is 17.2. The largest absolute Gasteiger partial charge is 0.479 e. The van der Waals surface area contributed by atoms with E-state index in [1.165, 1.54) is 77.0 Å². The molecule has 0 bridgehead atoms. The van der Waals surface area contributed by atoms with Gasteiger partial charge in [-0.2, -0.15) is 0 Å². The predicted octanol–water partition coefficient (Wildman–Crippen LogP) is 4.11. The van der Waals surface area contributed by atoms with E-state index >= 15 is 0 Å². The Morgan fingerprint density at radius 3 is 1.45 bits per heavy atom. The minimum absolute atomic E-state index is 0.0399. The molecule has 120 valence electrons. The second kappa shape index (κ2) is 17.0. The molecule has 0 radical (unpaired) electrons. The lowest BCUT2D eigenvalue weighted by Crippen LogP contribution is -2.20. The Hall–Kier alpha value is -0.0551. The maximum absolute atomic E-state index is 8.59. The minimum atomic E-state index is -1.32. The van der Waals surface area contributed by atoms with Crippen molar-refractivity contribution in [2.75, 3.05) is 13.1 Å². The summed E-state index contributed by atoms with van der Waals surface area (Å²) in [5.74, 6) is 0. The Labute approximate surface area is 126 Å². The maximum Gasteiger partial charge on any atom is 0.479 e. The van der Waals surface area contributed by atoms with Gasteiger partial charge in [-0.15, -0.1) is 0 Å². The third-order valence-electron chi connectivity index (χ3n) is 3.66. The van der Waals surface area contributed by atoms with Gasteiger partial charge in [-0.25, -0.2) is 0 Å². The lowest BCUT2D eigenvalue weighted by atomic mass is 9.95. The van der Waals surface area contributed by atoms with Crippen molar-refractivity contribution >= 4 is 7.12 Å². The summed E-state index contributed by atoms with van der Waals surface area (Å²) < 4.78 is 5.09. The first-order valence-corrected chi connectivity index (χ1v) is 8.71. The van der Waals surface area contributed by atoms with Crippen LogP contribution < -0.4 is 0 Å². The van der Waals surface area contributed by atoms with Gasteiger partial charge in [-0.1, -0.05) is 84.0 Å². The van der Waals surface area contributed by atoms with Crippen molar-refractivity contribution < 1.29 is 14.8 Å². The molecular formula is C16H35BO3. The van der Waals surface area contributed by atoms with Gasteiger partial charge in [0.15, 0.2) is 0 Å². The number of unbranched alkanes of at least 4 members (excludes halogenated alkanes) is 12. The fourth-order valence-electron chi connectivity index (χ4n) is 2.41. The maximum atomic E-state index is 8.59. The first-order chi connectivity index (χ1) is 9.77. The minimum Gasteiger partial charge on any atom is -0.426 e. The summed E-state index contributed by atoms with van der Waals surface area (Å²) in [4.78, 5) is 0. The molecule has 0 aliphatic heterocycles. The summed E-state index contributed by atoms with van der Waals surface area (Å²) in [7, 11) is -1.32. The highest BCUT2D eigenvalue weighted by atomic mass is 16.5. The van der Waals surface area contributed by atoms with Gasteiger partial charge in [0.25, 0.3) is 0 Å². The standard InChI is InChI=1S/C16H35BO3/c1-2-3-4-5-6-7-8-9-10-11-12-13-14-15-20-16-17(18)19/h18-19H,2-16H2,1H3. The van der Waals surface area contributed by atoms with Gasteiger partial charge in [0, 0.05) is 6.61 Å². The van der Waals surface area contributed by atoms with Crippen LogP contribution in [0.4, 0.5) is 0 Å². The molecule has 3 nitrogen and oxygen atoms in total. The van der Waals surface area contributed by atoms with Gasteiger partial charge >= 0.3 is 7.12 Å². The Bertz CT molecular complexity index is 177. The number of ether oxygens (including phenoxy) is 1. The van der Waals surface area contributed by atoms with Crippen LogP contribution in [0.5, 0.6) is 0 Å². The van der Waals surface area contributed by atoms with Gasteiger partial charge in [-0.05, 0) is 6.42 Å². The van der Waals surface area contributed by atoms with E-state index in [1.807, 2.05) is 0 Å². The Morgan fingerprint density at radius 2 is 1.05 bits per heavy atom. The molecule has 0 unspecified atom stereocenters. The zero-order chi connectivity index (χ0) is 14.9. The van der Waals surface area contributed by atoms with E-state index in [9.17, 15) is 0 Å². The van der Waals surface area contributed by atoms with Gasteiger partial charge in [-0.3, -0.25) is 0 Å². The molecule has 0 aliphatic carbocycles. The lowest BCUT2D eigenvalue weighted by molar-refractivity contribution is 0.149. The molecule has 0 heterocycles. The van der Waals surface area contributed by atoms with Gasteiger partial charge in [0.05, 0.1) is 6.51 Å². The molecule has 4 heteroatoms. The zero-order valence-electron chi connectivity index (χ0n) is 13.5. The van der Waals surface area contributed by atoms with Gasteiger partial charge in [0.1, 0.15) is 0 Å². The van der Waals surface area contributed by atoms with E-state index in [-0.39, 0.29) is 6.51 Å². The fraction of sp³-hybridized carbons (Fsp3) is 1.00. The molecule has 2 N–H and O–H groups in total. The second-order valence-electron chi connectivity index (χ2n) is 5.80. The van der Waals surface area contributed by atoms with Gasteiger partial charge < -0.3 is 14.8 Å². The average Bonchev–Trinajstić information content (AvgIpc) is 2.43. The van der Waals surface area contributed by atoms with Crippen LogP contribution in [-0.4, -0.2) is 30.3 Å². The zero-order valence-corrected chi connectivity index (χ0v) is 13.5. The van der Waals surface area contributed by atoms with Crippen molar-refractivity contribution in [2.45, 2.75) is 90.4 Å². The normalized spacial score (nSPS) is 10.9. The smallest absolute Gasteiger partial charge is 0.426 e. The second-order valence-corrected chi connectivity index (χ2v) is 5.80. The fourth-order valence-corrected chi connectivity index (χ4v) is 2.41. The van der Waals surface area contributed by atoms with Crippen LogP contribution in [0.3, 0.4) is 0 Å². The van der Waals surface area contributed by atoms with E-state index in [4.69, 9.17) is 14.8 Å². The lowest BCUT2D eigenvalue weighted by Gasteiger charge is -2.04. The summed E-state index contributed by atoms with van der Waals surface area (Å²) in [5.41, 5.74) is 0. The predicted molar refractivity (Wildman–Crippen MR) is 86.7 cm³/mol. The number of hydrogen-bond acceptors (Lipinski definition) is 3. The molecule has 0 amide bonds. The first-order valence-electron chi connectivity index (χ1n) is 8.71. The van der Waals surface area contributed by atoms with Crippen LogP contribution in [0.2, 0.25) is 0 Å². The molecule has 20 heavy (non-hydrogen) atoms. The molecule has 0 aromatic heterocycles. The Balaban J connectivity index is 2.92. The van der Waals surface area contributed by atoms with Crippen LogP contribution >= 0.6 is 0 Å². The molecule has 0 aliphatic rings. The van der Waals surface area contributed by atoms with Crippen molar-refractivity contribution in [2.24, 2.45) is 0 Å². The third kappa shape index (κ3) is 17.9.